The first-order chi connectivity index (χ1) is 12.9. The molecule has 7 heteroatoms. The van der Waals surface area contributed by atoms with Gasteiger partial charge in [0, 0.05) is 10.8 Å². The third-order valence-electron chi connectivity index (χ3n) is 4.23. The lowest BCUT2D eigenvalue weighted by Gasteiger charge is -2.18. The lowest BCUT2D eigenvalue weighted by atomic mass is 10.1. The first-order valence-electron chi connectivity index (χ1n) is 8.21. The van der Waals surface area contributed by atoms with E-state index in [1.807, 2.05) is 36.4 Å². The Hall–Kier alpha value is -3.21. The van der Waals surface area contributed by atoms with Gasteiger partial charge in [-0.1, -0.05) is 60.7 Å². The van der Waals surface area contributed by atoms with Gasteiger partial charge >= 0.3 is 7.82 Å². The molecular weight excluding hydrogens is 363 g/mol. The number of phosphoric acid groups is 1. The molecule has 4 rings (SSSR count). The maximum Gasteiger partial charge on any atom is 0.585 e. The molecule has 0 saturated carbocycles. The van der Waals surface area contributed by atoms with Crippen molar-refractivity contribution in [2.45, 2.75) is 0 Å². The highest BCUT2D eigenvalue weighted by Crippen LogP contribution is 2.50. The summed E-state index contributed by atoms with van der Waals surface area (Å²) >= 11 is 0. The van der Waals surface area contributed by atoms with Crippen molar-refractivity contribution < 1.29 is 18.5 Å². The predicted molar refractivity (Wildman–Crippen MR) is 108 cm³/mol. The molecule has 4 aromatic carbocycles. The minimum Gasteiger partial charge on any atom is -0.396 e. The van der Waals surface area contributed by atoms with E-state index >= 15 is 0 Å². The van der Waals surface area contributed by atoms with Crippen LogP contribution in [0.4, 0.5) is 11.4 Å². The Bertz CT molecular complexity index is 1120. The van der Waals surface area contributed by atoms with Crippen molar-refractivity contribution in [2.75, 3.05) is 11.5 Å². The Morgan fingerprint density at radius 1 is 0.667 bits per heavy atom. The quantitative estimate of drug-likeness (QED) is 0.349. The van der Waals surface area contributed by atoms with E-state index in [1.165, 1.54) is 0 Å². The molecule has 0 atom stereocenters. The molecule has 27 heavy (non-hydrogen) atoms. The zero-order chi connectivity index (χ0) is 19.0. The Balaban J connectivity index is 1.75. The van der Waals surface area contributed by atoms with Crippen LogP contribution in [0.15, 0.2) is 72.8 Å². The number of nitrogens with two attached hydrogens (primary N) is 2. The fourth-order valence-corrected chi connectivity index (χ4v) is 3.88. The van der Waals surface area contributed by atoms with E-state index in [0.717, 1.165) is 10.8 Å². The summed E-state index contributed by atoms with van der Waals surface area (Å²) < 4.78 is 23.5. The monoisotopic (exact) mass is 380 g/mol. The summed E-state index contributed by atoms with van der Waals surface area (Å²) in [4.78, 5) is 10.4. The van der Waals surface area contributed by atoms with Crippen molar-refractivity contribution in [2.24, 2.45) is 0 Å². The molecule has 0 aliphatic carbocycles. The van der Waals surface area contributed by atoms with Gasteiger partial charge in [-0.15, -0.1) is 0 Å². The minimum absolute atomic E-state index is 0.0951. The summed E-state index contributed by atoms with van der Waals surface area (Å²) in [6, 6.07) is 21.4. The summed E-state index contributed by atoms with van der Waals surface area (Å²) in [6.07, 6.45) is 0. The summed E-state index contributed by atoms with van der Waals surface area (Å²) in [5.41, 5.74) is 12.4. The van der Waals surface area contributed by atoms with Gasteiger partial charge < -0.3 is 20.5 Å². The van der Waals surface area contributed by atoms with Crippen LogP contribution in [0, 0.1) is 0 Å². The van der Waals surface area contributed by atoms with Gasteiger partial charge in [0.25, 0.3) is 0 Å². The van der Waals surface area contributed by atoms with Gasteiger partial charge in [0.1, 0.15) is 0 Å². The van der Waals surface area contributed by atoms with Crippen LogP contribution in [0.5, 0.6) is 11.5 Å². The molecule has 0 aliphatic rings. The van der Waals surface area contributed by atoms with Crippen molar-refractivity contribution in [1.29, 1.82) is 0 Å². The third-order valence-corrected chi connectivity index (χ3v) is 5.06. The molecule has 0 spiro atoms. The Morgan fingerprint density at radius 3 is 1.52 bits per heavy atom. The van der Waals surface area contributed by atoms with Gasteiger partial charge in [0.2, 0.25) is 0 Å². The standard InChI is InChI=1S/C20H17N2O4P/c21-17-11-9-13-5-1-3-7-15(13)19(17)25-27(23,24)26-20-16-8-4-2-6-14(16)10-12-18(20)22/h1-12H,21-22H2,(H,23,24). The average molecular weight is 380 g/mol. The predicted octanol–water partition coefficient (Wildman–Crippen LogP) is 4.72. The molecule has 0 heterocycles. The van der Waals surface area contributed by atoms with Crippen LogP contribution >= 0.6 is 7.82 Å². The molecule has 0 radical (unpaired) electrons. The SMILES string of the molecule is Nc1ccc2ccccc2c1OP(=O)(O)Oc1c(N)ccc2ccccc12. The van der Waals surface area contributed by atoms with Gasteiger partial charge in [0.15, 0.2) is 11.5 Å². The average Bonchev–Trinajstić information content (AvgIpc) is 2.66. The van der Waals surface area contributed by atoms with Crippen LogP contribution in [0.2, 0.25) is 0 Å². The van der Waals surface area contributed by atoms with Crippen LogP contribution < -0.4 is 20.5 Å². The van der Waals surface area contributed by atoms with E-state index in [1.54, 1.807) is 36.4 Å². The van der Waals surface area contributed by atoms with Crippen LogP contribution in [0.3, 0.4) is 0 Å². The number of benzene rings is 4. The second kappa shape index (κ2) is 6.50. The number of phosphoric ester groups is 1. The lowest BCUT2D eigenvalue weighted by Crippen LogP contribution is -2.04. The van der Waals surface area contributed by atoms with Crippen LogP contribution in [0.25, 0.3) is 21.5 Å². The van der Waals surface area contributed by atoms with Crippen LogP contribution in [-0.4, -0.2) is 4.89 Å². The van der Waals surface area contributed by atoms with E-state index < -0.39 is 7.82 Å². The van der Waals surface area contributed by atoms with Crippen molar-refractivity contribution in [1.82, 2.24) is 0 Å². The number of hydrogen-bond donors (Lipinski definition) is 3. The number of rotatable bonds is 4. The van der Waals surface area contributed by atoms with Crippen molar-refractivity contribution in [3.05, 3.63) is 72.8 Å². The maximum absolute atomic E-state index is 12.7. The molecule has 0 aliphatic heterocycles. The molecule has 0 unspecified atom stereocenters. The van der Waals surface area contributed by atoms with E-state index in [-0.39, 0.29) is 22.9 Å². The summed E-state index contributed by atoms with van der Waals surface area (Å²) in [5.74, 6) is 0.190. The first-order valence-corrected chi connectivity index (χ1v) is 9.70. The molecule has 5 N–H and O–H groups in total. The first kappa shape index (κ1) is 17.2. The zero-order valence-corrected chi connectivity index (χ0v) is 15.1. The molecule has 0 amide bonds. The van der Waals surface area contributed by atoms with E-state index in [9.17, 15) is 9.46 Å². The Labute approximate surface area is 155 Å². The topological polar surface area (TPSA) is 108 Å². The van der Waals surface area contributed by atoms with E-state index in [0.29, 0.717) is 10.8 Å². The van der Waals surface area contributed by atoms with Crippen LogP contribution in [0.1, 0.15) is 0 Å². The molecule has 0 saturated heterocycles. The fraction of sp³-hybridized carbons (Fsp3) is 0. The third kappa shape index (κ3) is 3.28. The smallest absolute Gasteiger partial charge is 0.396 e. The molecule has 0 fully saturated rings. The molecule has 0 bridgehead atoms. The maximum atomic E-state index is 12.7. The van der Waals surface area contributed by atoms with Gasteiger partial charge in [-0.3, -0.25) is 4.89 Å². The van der Waals surface area contributed by atoms with Gasteiger partial charge in [0.05, 0.1) is 11.4 Å². The number of hydrogen-bond acceptors (Lipinski definition) is 5. The largest absolute Gasteiger partial charge is 0.585 e. The van der Waals surface area contributed by atoms with Gasteiger partial charge in [-0.25, -0.2) is 4.57 Å². The minimum atomic E-state index is -4.56. The Morgan fingerprint density at radius 2 is 1.07 bits per heavy atom. The van der Waals surface area contributed by atoms with Crippen LogP contribution in [-0.2, 0) is 4.57 Å². The second-order valence-corrected chi connectivity index (χ2v) is 7.36. The lowest BCUT2D eigenvalue weighted by molar-refractivity contribution is 0.294. The van der Waals surface area contributed by atoms with Crippen molar-refractivity contribution in [3.63, 3.8) is 0 Å². The van der Waals surface area contributed by atoms with E-state index in [4.69, 9.17) is 20.5 Å². The highest BCUT2D eigenvalue weighted by molar-refractivity contribution is 7.48. The highest BCUT2D eigenvalue weighted by Gasteiger charge is 2.29. The summed E-state index contributed by atoms with van der Waals surface area (Å²) in [7, 11) is -4.56. The summed E-state index contributed by atoms with van der Waals surface area (Å²) in [6.45, 7) is 0. The van der Waals surface area contributed by atoms with Gasteiger partial charge in [-0.05, 0) is 22.9 Å². The zero-order valence-electron chi connectivity index (χ0n) is 14.2. The molecule has 4 aromatic rings. The molecular formula is C20H17N2O4P. The number of anilines is 2. The second-order valence-electron chi connectivity index (χ2n) is 6.06. The van der Waals surface area contributed by atoms with Gasteiger partial charge in [-0.2, -0.15) is 0 Å². The van der Waals surface area contributed by atoms with Crippen molar-refractivity contribution in [3.8, 4) is 11.5 Å². The number of fused-ring (bicyclic) bond motifs is 2. The van der Waals surface area contributed by atoms with Crippen molar-refractivity contribution >= 4 is 40.7 Å². The number of nitrogen functional groups attached to an aromatic ring is 2. The fourth-order valence-electron chi connectivity index (χ4n) is 2.97. The highest BCUT2D eigenvalue weighted by atomic mass is 31.2. The molecule has 0 aromatic heterocycles. The molecule has 136 valence electrons. The molecule has 6 nitrogen and oxygen atoms in total. The Kier molecular flexibility index (Phi) is 4.15. The normalized spacial score (nSPS) is 11.6. The summed E-state index contributed by atoms with van der Waals surface area (Å²) in [5, 5.41) is 2.88. The van der Waals surface area contributed by atoms with E-state index in [2.05, 4.69) is 0 Å².